The van der Waals surface area contributed by atoms with Gasteiger partial charge < -0.3 is 19.5 Å². The summed E-state index contributed by atoms with van der Waals surface area (Å²) in [6.07, 6.45) is 1.66. The van der Waals surface area contributed by atoms with Gasteiger partial charge in [0.1, 0.15) is 17.2 Å². The van der Waals surface area contributed by atoms with Gasteiger partial charge in [-0.1, -0.05) is 39.0 Å². The summed E-state index contributed by atoms with van der Waals surface area (Å²) in [4.78, 5) is 39.4. The van der Waals surface area contributed by atoms with E-state index in [0.29, 0.717) is 40.7 Å². The smallest absolute Gasteiger partial charge is 0.262 e. The quantitative estimate of drug-likeness (QED) is 0.384. The van der Waals surface area contributed by atoms with Crippen molar-refractivity contribution in [1.29, 1.82) is 0 Å². The fourth-order valence-electron chi connectivity index (χ4n) is 4.66. The van der Waals surface area contributed by atoms with Crippen LogP contribution >= 0.6 is 0 Å². The van der Waals surface area contributed by atoms with E-state index < -0.39 is 0 Å². The number of amides is 3. The number of ether oxygens (including phenoxy) is 3. The van der Waals surface area contributed by atoms with Crippen LogP contribution in [-0.4, -0.2) is 48.5 Å². The molecule has 2 aliphatic rings. The van der Waals surface area contributed by atoms with Gasteiger partial charge in [0.2, 0.25) is 0 Å². The molecular formula is C31H32N2O6. The Morgan fingerprint density at radius 3 is 2.38 bits per heavy atom. The van der Waals surface area contributed by atoms with Crippen LogP contribution in [0.5, 0.6) is 17.2 Å². The van der Waals surface area contributed by atoms with Crippen molar-refractivity contribution >= 4 is 23.4 Å². The fourth-order valence-corrected chi connectivity index (χ4v) is 4.66. The zero-order chi connectivity index (χ0) is 27.6. The Bertz CT molecular complexity index is 1390. The first-order valence-corrected chi connectivity index (χ1v) is 13.1. The summed E-state index contributed by atoms with van der Waals surface area (Å²) in [5, 5.41) is 2.81. The molecule has 0 bridgehead atoms. The topological polar surface area (TPSA) is 94.2 Å². The van der Waals surface area contributed by atoms with Crippen LogP contribution in [0.2, 0.25) is 0 Å². The monoisotopic (exact) mass is 528 g/mol. The second-order valence-corrected chi connectivity index (χ2v) is 10.8. The summed E-state index contributed by atoms with van der Waals surface area (Å²) >= 11 is 0. The molecule has 0 saturated carbocycles. The molecular weight excluding hydrogens is 496 g/mol. The van der Waals surface area contributed by atoms with Gasteiger partial charge in [-0.05, 0) is 66.3 Å². The largest absolute Gasteiger partial charge is 0.484 e. The predicted octanol–water partition coefficient (Wildman–Crippen LogP) is 5.57. The maximum atomic E-state index is 12.9. The number of carbonyl (C=O) groups is 3. The minimum absolute atomic E-state index is 0.0422. The molecule has 202 valence electrons. The maximum absolute atomic E-state index is 12.9. The van der Waals surface area contributed by atoms with Gasteiger partial charge in [0, 0.05) is 18.4 Å². The highest BCUT2D eigenvalue weighted by Crippen LogP contribution is 2.31. The number of carbonyl (C=O) groups excluding carboxylic acids is 3. The highest BCUT2D eigenvalue weighted by Gasteiger charge is 2.37. The lowest BCUT2D eigenvalue weighted by Crippen LogP contribution is -2.36. The fraction of sp³-hybridized carbons (Fsp3) is 0.323. The van der Waals surface area contributed by atoms with Crippen molar-refractivity contribution in [2.24, 2.45) is 0 Å². The van der Waals surface area contributed by atoms with Crippen LogP contribution < -0.4 is 14.8 Å². The van der Waals surface area contributed by atoms with Crippen molar-refractivity contribution in [3.8, 4) is 17.2 Å². The first-order chi connectivity index (χ1) is 18.7. The third-order valence-corrected chi connectivity index (χ3v) is 6.80. The Morgan fingerprint density at radius 2 is 1.67 bits per heavy atom. The highest BCUT2D eigenvalue weighted by atomic mass is 16.5. The Morgan fingerprint density at radius 1 is 0.949 bits per heavy atom. The van der Waals surface area contributed by atoms with E-state index in [-0.39, 0.29) is 42.4 Å². The van der Waals surface area contributed by atoms with Crippen molar-refractivity contribution in [3.63, 3.8) is 0 Å². The van der Waals surface area contributed by atoms with Crippen LogP contribution in [0.15, 0.2) is 66.7 Å². The maximum Gasteiger partial charge on any atom is 0.262 e. The second-order valence-electron chi connectivity index (χ2n) is 10.8. The standard InChI is InChI=1S/C31H32N2O6/c1-31(2,3)20-9-11-22(12-10-20)38-19-28(34)32-21-6-4-7-23(16-21)39-24-13-14-26-27(17-24)30(36)33(29(26)35)18-25-8-5-15-37-25/h4,6-7,9-14,16-17,25H,5,8,15,18-19H2,1-3H3,(H,32,34). The number of fused-ring (bicyclic) bond motifs is 1. The molecule has 5 rings (SSSR count). The molecule has 1 N–H and O–H groups in total. The van der Waals surface area contributed by atoms with Crippen molar-refractivity contribution in [1.82, 2.24) is 4.90 Å². The van der Waals surface area contributed by atoms with Crippen molar-refractivity contribution in [2.45, 2.75) is 45.1 Å². The van der Waals surface area contributed by atoms with Gasteiger partial charge in [0.05, 0.1) is 23.8 Å². The van der Waals surface area contributed by atoms with E-state index >= 15 is 0 Å². The highest BCUT2D eigenvalue weighted by molar-refractivity contribution is 6.21. The minimum Gasteiger partial charge on any atom is -0.484 e. The number of anilines is 1. The van der Waals surface area contributed by atoms with Crippen LogP contribution in [0, 0.1) is 0 Å². The average Bonchev–Trinajstić information content (AvgIpc) is 3.50. The lowest BCUT2D eigenvalue weighted by atomic mass is 9.87. The average molecular weight is 529 g/mol. The van der Waals surface area contributed by atoms with E-state index in [1.165, 1.54) is 10.5 Å². The Kier molecular flexibility index (Phi) is 7.39. The molecule has 2 heterocycles. The molecule has 1 fully saturated rings. The number of nitrogens with one attached hydrogen (secondary N) is 1. The summed E-state index contributed by atoms with van der Waals surface area (Å²) in [6, 6.07) is 19.5. The second kappa shape index (κ2) is 10.9. The molecule has 0 aliphatic carbocycles. The summed E-state index contributed by atoms with van der Waals surface area (Å²) in [7, 11) is 0. The molecule has 3 aromatic carbocycles. The molecule has 0 spiro atoms. The lowest BCUT2D eigenvalue weighted by molar-refractivity contribution is -0.118. The Balaban J connectivity index is 1.18. The predicted molar refractivity (Wildman–Crippen MR) is 147 cm³/mol. The Labute approximate surface area is 227 Å². The van der Waals surface area contributed by atoms with E-state index in [9.17, 15) is 14.4 Å². The third kappa shape index (κ3) is 6.12. The SMILES string of the molecule is CC(C)(C)c1ccc(OCC(=O)Nc2cccc(Oc3ccc4c(c3)C(=O)N(CC3CCCO3)C4=O)c2)cc1. The molecule has 1 saturated heterocycles. The zero-order valence-electron chi connectivity index (χ0n) is 22.4. The van der Waals surface area contributed by atoms with Gasteiger partial charge in [-0.3, -0.25) is 19.3 Å². The van der Waals surface area contributed by atoms with E-state index in [0.717, 1.165) is 12.8 Å². The van der Waals surface area contributed by atoms with Crippen LogP contribution in [0.25, 0.3) is 0 Å². The molecule has 2 aliphatic heterocycles. The molecule has 1 unspecified atom stereocenters. The third-order valence-electron chi connectivity index (χ3n) is 6.80. The molecule has 1 atom stereocenters. The zero-order valence-corrected chi connectivity index (χ0v) is 22.4. The summed E-state index contributed by atoms with van der Waals surface area (Å²) < 4.78 is 17.2. The van der Waals surface area contributed by atoms with Crippen LogP contribution in [0.3, 0.4) is 0 Å². The van der Waals surface area contributed by atoms with Crippen LogP contribution in [0.1, 0.15) is 59.9 Å². The van der Waals surface area contributed by atoms with Gasteiger partial charge in [-0.15, -0.1) is 0 Å². The van der Waals surface area contributed by atoms with Crippen LogP contribution in [-0.2, 0) is 14.9 Å². The first-order valence-electron chi connectivity index (χ1n) is 13.1. The molecule has 8 nitrogen and oxygen atoms in total. The number of hydrogen-bond donors (Lipinski definition) is 1. The Hall–Kier alpha value is -4.17. The van der Waals surface area contributed by atoms with Gasteiger partial charge in [-0.25, -0.2) is 0 Å². The van der Waals surface area contributed by atoms with Crippen LogP contribution in [0.4, 0.5) is 5.69 Å². The van der Waals surface area contributed by atoms with E-state index in [2.05, 4.69) is 26.1 Å². The summed E-state index contributed by atoms with van der Waals surface area (Å²) in [5.41, 5.74) is 2.44. The van der Waals surface area contributed by atoms with Crippen molar-refractivity contribution < 1.29 is 28.6 Å². The summed E-state index contributed by atoms with van der Waals surface area (Å²) in [6.45, 7) is 7.20. The van der Waals surface area contributed by atoms with Crippen molar-refractivity contribution in [2.75, 3.05) is 25.1 Å². The minimum atomic E-state index is -0.343. The lowest BCUT2D eigenvalue weighted by Gasteiger charge is -2.19. The molecule has 0 aromatic heterocycles. The number of nitrogens with zero attached hydrogens (tertiary/aromatic N) is 1. The number of hydrogen-bond acceptors (Lipinski definition) is 6. The molecule has 8 heteroatoms. The molecule has 3 amide bonds. The first kappa shape index (κ1) is 26.4. The van der Waals surface area contributed by atoms with E-state index in [4.69, 9.17) is 14.2 Å². The van der Waals surface area contributed by atoms with E-state index in [1.807, 2.05) is 24.3 Å². The summed E-state index contributed by atoms with van der Waals surface area (Å²) in [5.74, 6) is 0.548. The number of imide groups is 1. The van der Waals surface area contributed by atoms with Gasteiger partial charge in [-0.2, -0.15) is 0 Å². The van der Waals surface area contributed by atoms with Gasteiger partial charge >= 0.3 is 0 Å². The molecule has 39 heavy (non-hydrogen) atoms. The normalized spacial score (nSPS) is 16.8. The van der Waals surface area contributed by atoms with Gasteiger partial charge in [0.25, 0.3) is 17.7 Å². The number of benzene rings is 3. The van der Waals surface area contributed by atoms with Crippen molar-refractivity contribution in [3.05, 3.63) is 83.4 Å². The molecule has 0 radical (unpaired) electrons. The van der Waals surface area contributed by atoms with E-state index in [1.54, 1.807) is 42.5 Å². The number of rotatable bonds is 8. The van der Waals surface area contributed by atoms with Gasteiger partial charge in [0.15, 0.2) is 6.61 Å². The molecule has 3 aromatic rings.